The van der Waals surface area contributed by atoms with E-state index in [1.807, 2.05) is 4.90 Å². The van der Waals surface area contributed by atoms with E-state index in [1.165, 1.54) is 36.9 Å². The predicted octanol–water partition coefficient (Wildman–Crippen LogP) is 3.17. The van der Waals surface area contributed by atoms with Crippen LogP contribution in [-0.2, 0) is 17.8 Å². The molecule has 1 aromatic rings. The van der Waals surface area contributed by atoms with E-state index in [2.05, 4.69) is 58.6 Å². The van der Waals surface area contributed by atoms with Crippen molar-refractivity contribution >= 4 is 11.9 Å². The maximum Gasteiger partial charge on any atom is 0.222 e. The van der Waals surface area contributed by atoms with Gasteiger partial charge in [-0.25, -0.2) is 0 Å². The van der Waals surface area contributed by atoms with Crippen LogP contribution in [0.15, 0.2) is 29.3 Å². The Hall–Kier alpha value is -2.08. The summed E-state index contributed by atoms with van der Waals surface area (Å²) in [5, 5.41) is 6.78. The first-order valence-electron chi connectivity index (χ1n) is 12.3. The normalized spacial score (nSPS) is 19.7. The molecule has 6 heteroatoms. The number of piperidine rings is 1. The molecule has 31 heavy (non-hydrogen) atoms. The van der Waals surface area contributed by atoms with Crippen molar-refractivity contribution in [1.29, 1.82) is 0 Å². The van der Waals surface area contributed by atoms with Crippen LogP contribution >= 0.6 is 0 Å². The molecule has 1 saturated heterocycles. The number of nitrogens with zero attached hydrogens (tertiary/aromatic N) is 3. The standard InChI is InChI=1S/C25H41N5O/c1-3-26-25(28-16-9-18-29-17-7-6-10-21(29)2)27-15-8-13-24(31)30-19-14-22-11-4-5-12-23(22)20-30/h4-5,11-12,21H,3,6-10,13-20H2,1-2H3,(H2,26,27,28). The minimum absolute atomic E-state index is 0.248. The van der Waals surface area contributed by atoms with Gasteiger partial charge >= 0.3 is 0 Å². The van der Waals surface area contributed by atoms with E-state index in [9.17, 15) is 4.79 Å². The third-order valence-electron chi connectivity index (χ3n) is 6.50. The molecule has 2 N–H and O–H groups in total. The van der Waals surface area contributed by atoms with Crippen molar-refractivity contribution in [2.45, 2.75) is 71.4 Å². The first-order valence-corrected chi connectivity index (χ1v) is 12.3. The third-order valence-corrected chi connectivity index (χ3v) is 6.50. The summed E-state index contributed by atoms with van der Waals surface area (Å²) >= 11 is 0. The molecule has 2 aliphatic heterocycles. The molecule has 172 valence electrons. The fourth-order valence-corrected chi connectivity index (χ4v) is 4.61. The fourth-order valence-electron chi connectivity index (χ4n) is 4.61. The maximum atomic E-state index is 12.6. The van der Waals surface area contributed by atoms with E-state index in [0.717, 1.165) is 64.0 Å². The molecule has 0 aromatic heterocycles. The molecule has 1 fully saturated rings. The number of hydrogen-bond acceptors (Lipinski definition) is 3. The summed E-state index contributed by atoms with van der Waals surface area (Å²) in [5.74, 6) is 1.12. The summed E-state index contributed by atoms with van der Waals surface area (Å²) in [7, 11) is 0. The van der Waals surface area contributed by atoms with Crippen LogP contribution in [-0.4, -0.2) is 67.0 Å². The van der Waals surface area contributed by atoms with Crippen molar-refractivity contribution in [2.24, 2.45) is 4.99 Å². The summed E-state index contributed by atoms with van der Waals surface area (Å²) in [6.45, 7) is 10.9. The highest BCUT2D eigenvalue weighted by atomic mass is 16.2. The Morgan fingerprint density at radius 2 is 1.97 bits per heavy atom. The Morgan fingerprint density at radius 1 is 1.13 bits per heavy atom. The molecule has 1 amide bonds. The molecular weight excluding hydrogens is 386 g/mol. The predicted molar refractivity (Wildman–Crippen MR) is 128 cm³/mol. The van der Waals surface area contributed by atoms with Gasteiger partial charge in [0.15, 0.2) is 5.96 Å². The number of guanidine groups is 1. The van der Waals surface area contributed by atoms with Crippen LogP contribution in [0.25, 0.3) is 0 Å². The summed E-state index contributed by atoms with van der Waals surface area (Å²) in [6, 6.07) is 9.18. The molecule has 0 aliphatic carbocycles. The van der Waals surface area contributed by atoms with E-state index >= 15 is 0 Å². The molecule has 0 radical (unpaired) electrons. The lowest BCUT2D eigenvalue weighted by molar-refractivity contribution is -0.132. The zero-order valence-corrected chi connectivity index (χ0v) is 19.5. The van der Waals surface area contributed by atoms with Crippen LogP contribution in [0.2, 0.25) is 0 Å². The van der Waals surface area contributed by atoms with Crippen molar-refractivity contribution in [2.75, 3.05) is 39.3 Å². The number of hydrogen-bond donors (Lipinski definition) is 2. The molecule has 1 aromatic carbocycles. The van der Waals surface area contributed by atoms with Gasteiger partial charge in [0, 0.05) is 51.7 Å². The SMILES string of the molecule is CCNC(=NCCCC(=O)N1CCc2ccccc2C1)NCCCN1CCCCC1C. The van der Waals surface area contributed by atoms with Gasteiger partial charge in [-0.2, -0.15) is 0 Å². The van der Waals surface area contributed by atoms with E-state index in [-0.39, 0.29) is 5.91 Å². The van der Waals surface area contributed by atoms with E-state index in [4.69, 9.17) is 0 Å². The van der Waals surface area contributed by atoms with Gasteiger partial charge in [-0.3, -0.25) is 9.79 Å². The number of carbonyl (C=O) groups excluding carboxylic acids is 1. The average molecular weight is 428 g/mol. The van der Waals surface area contributed by atoms with Crippen molar-refractivity contribution < 1.29 is 4.79 Å². The highest BCUT2D eigenvalue weighted by Gasteiger charge is 2.20. The number of benzene rings is 1. The van der Waals surface area contributed by atoms with Gasteiger partial charge in [0.05, 0.1) is 0 Å². The molecule has 1 atom stereocenters. The zero-order chi connectivity index (χ0) is 21.9. The summed E-state index contributed by atoms with van der Waals surface area (Å²) in [6.07, 6.45) is 7.50. The maximum absolute atomic E-state index is 12.6. The Morgan fingerprint density at radius 3 is 2.77 bits per heavy atom. The lowest BCUT2D eigenvalue weighted by Crippen LogP contribution is -2.41. The topological polar surface area (TPSA) is 60.0 Å². The van der Waals surface area contributed by atoms with E-state index < -0.39 is 0 Å². The third kappa shape index (κ3) is 7.53. The minimum Gasteiger partial charge on any atom is -0.357 e. The van der Waals surface area contributed by atoms with Crippen molar-refractivity contribution in [3.8, 4) is 0 Å². The van der Waals surface area contributed by atoms with Crippen LogP contribution in [0.5, 0.6) is 0 Å². The number of fused-ring (bicyclic) bond motifs is 1. The number of rotatable bonds is 9. The Kier molecular flexibility index (Phi) is 9.66. The molecule has 0 spiro atoms. The monoisotopic (exact) mass is 427 g/mol. The average Bonchev–Trinajstić information content (AvgIpc) is 2.80. The number of amides is 1. The second-order valence-corrected chi connectivity index (χ2v) is 8.86. The van der Waals surface area contributed by atoms with Gasteiger partial charge in [0.2, 0.25) is 5.91 Å². The largest absolute Gasteiger partial charge is 0.357 e. The van der Waals surface area contributed by atoms with Gasteiger partial charge < -0.3 is 20.4 Å². The van der Waals surface area contributed by atoms with E-state index in [0.29, 0.717) is 13.0 Å². The van der Waals surface area contributed by atoms with Gasteiger partial charge in [0.25, 0.3) is 0 Å². The number of carbonyl (C=O) groups is 1. The highest BCUT2D eigenvalue weighted by Crippen LogP contribution is 2.19. The second-order valence-electron chi connectivity index (χ2n) is 8.86. The lowest BCUT2D eigenvalue weighted by Gasteiger charge is -2.33. The number of aliphatic imine (C=N–C) groups is 1. The number of likely N-dealkylation sites (tertiary alicyclic amines) is 1. The smallest absolute Gasteiger partial charge is 0.222 e. The first kappa shape index (κ1) is 23.6. The van der Waals surface area contributed by atoms with Crippen LogP contribution in [0.1, 0.15) is 63.5 Å². The summed E-state index contributed by atoms with van der Waals surface area (Å²) in [4.78, 5) is 21.9. The quantitative estimate of drug-likeness (QED) is 0.361. The highest BCUT2D eigenvalue weighted by molar-refractivity contribution is 5.80. The van der Waals surface area contributed by atoms with Crippen LogP contribution < -0.4 is 10.6 Å². The second kappa shape index (κ2) is 12.7. The molecule has 2 aliphatic rings. The van der Waals surface area contributed by atoms with Crippen LogP contribution in [0.3, 0.4) is 0 Å². The van der Waals surface area contributed by atoms with Gasteiger partial charge in [-0.05, 0) is 63.6 Å². The van der Waals surface area contributed by atoms with E-state index in [1.54, 1.807) is 0 Å². The Labute approximate surface area is 188 Å². The summed E-state index contributed by atoms with van der Waals surface area (Å²) < 4.78 is 0. The molecule has 2 heterocycles. The van der Waals surface area contributed by atoms with Crippen molar-refractivity contribution in [3.63, 3.8) is 0 Å². The van der Waals surface area contributed by atoms with Gasteiger partial charge in [-0.15, -0.1) is 0 Å². The molecule has 0 saturated carbocycles. The number of nitrogens with one attached hydrogen (secondary N) is 2. The zero-order valence-electron chi connectivity index (χ0n) is 19.5. The fraction of sp³-hybridized carbons (Fsp3) is 0.680. The molecule has 3 rings (SSSR count). The van der Waals surface area contributed by atoms with Crippen molar-refractivity contribution in [3.05, 3.63) is 35.4 Å². The van der Waals surface area contributed by atoms with Crippen molar-refractivity contribution in [1.82, 2.24) is 20.4 Å². The Bertz CT molecular complexity index is 720. The molecule has 0 bridgehead atoms. The van der Waals surface area contributed by atoms with Gasteiger partial charge in [0.1, 0.15) is 0 Å². The van der Waals surface area contributed by atoms with Crippen LogP contribution in [0, 0.1) is 0 Å². The Balaban J connectivity index is 1.34. The lowest BCUT2D eigenvalue weighted by atomic mass is 9.99. The van der Waals surface area contributed by atoms with Crippen LogP contribution in [0.4, 0.5) is 0 Å². The molecule has 6 nitrogen and oxygen atoms in total. The molecular formula is C25H41N5O. The molecule has 1 unspecified atom stereocenters. The van der Waals surface area contributed by atoms with Gasteiger partial charge in [-0.1, -0.05) is 30.7 Å². The minimum atomic E-state index is 0.248. The summed E-state index contributed by atoms with van der Waals surface area (Å²) in [5.41, 5.74) is 2.67. The first-order chi connectivity index (χ1) is 15.2.